The Morgan fingerprint density at radius 3 is 2.76 bits per heavy atom. The zero-order valence-corrected chi connectivity index (χ0v) is 13.8. The van der Waals surface area contributed by atoms with Gasteiger partial charge < -0.3 is 4.57 Å². The Bertz CT molecular complexity index is 778. The number of hydrogen-bond acceptors (Lipinski definition) is 4. The normalized spacial score (nSPS) is 21.4. The van der Waals surface area contributed by atoms with Crippen LogP contribution in [0.25, 0.3) is 11.2 Å². The van der Waals surface area contributed by atoms with Crippen molar-refractivity contribution in [1.82, 2.24) is 19.3 Å². The number of aryl methyl sites for hydroxylation is 3. The lowest BCUT2D eigenvalue weighted by molar-refractivity contribution is 0.534. The quantitative estimate of drug-likeness (QED) is 0.796. The second-order valence-electron chi connectivity index (χ2n) is 5.49. The minimum atomic E-state index is -2.94. The topological polar surface area (TPSA) is 69.8 Å². The molecule has 6 nitrogen and oxygen atoms in total. The van der Waals surface area contributed by atoms with Crippen molar-refractivity contribution in [2.24, 2.45) is 7.05 Å². The second-order valence-corrected chi connectivity index (χ2v) is 8.10. The maximum absolute atomic E-state index is 11.8. The van der Waals surface area contributed by atoms with Gasteiger partial charge in [0, 0.05) is 19.3 Å². The van der Waals surface area contributed by atoms with E-state index in [2.05, 4.69) is 14.6 Å². The van der Waals surface area contributed by atoms with E-state index in [0.29, 0.717) is 18.7 Å². The lowest BCUT2D eigenvalue weighted by atomic mass is 10.2. The molecule has 1 aliphatic rings. The van der Waals surface area contributed by atoms with Gasteiger partial charge in [0.25, 0.3) is 0 Å². The highest BCUT2D eigenvalue weighted by Crippen LogP contribution is 2.30. The molecule has 0 amide bonds. The Balaban J connectivity index is 2.19. The van der Waals surface area contributed by atoms with Gasteiger partial charge in [-0.2, -0.15) is 5.10 Å². The van der Waals surface area contributed by atoms with Crippen molar-refractivity contribution in [3.63, 3.8) is 0 Å². The maximum atomic E-state index is 11.8. The Kier molecular flexibility index (Phi) is 3.73. The number of aromatic nitrogens is 4. The first-order valence-corrected chi connectivity index (χ1v) is 9.51. The van der Waals surface area contributed by atoms with Gasteiger partial charge in [0.2, 0.25) is 0 Å². The molecule has 2 aromatic heterocycles. The largest absolute Gasteiger partial charge is 0.309 e. The summed E-state index contributed by atoms with van der Waals surface area (Å²) in [7, 11) is -1.06. The summed E-state index contributed by atoms with van der Waals surface area (Å²) < 4.78 is 27.5. The Hall–Kier alpha value is -1.08. The lowest BCUT2D eigenvalue weighted by Crippen LogP contribution is -2.16. The van der Waals surface area contributed by atoms with Crippen LogP contribution in [-0.2, 0) is 29.7 Å². The van der Waals surface area contributed by atoms with E-state index in [4.69, 9.17) is 11.6 Å². The molecule has 0 bridgehead atoms. The predicted octanol–water partition coefficient (Wildman–Crippen LogP) is 1.47. The van der Waals surface area contributed by atoms with Crippen LogP contribution >= 0.6 is 11.6 Å². The molecule has 3 heterocycles. The number of nitrogens with zero attached hydrogens (tertiary/aromatic N) is 4. The van der Waals surface area contributed by atoms with E-state index in [0.717, 1.165) is 29.1 Å². The molecule has 1 aliphatic heterocycles. The molecule has 0 radical (unpaired) electrons. The monoisotopic (exact) mass is 330 g/mol. The van der Waals surface area contributed by atoms with E-state index in [1.807, 2.05) is 18.7 Å². The van der Waals surface area contributed by atoms with Crippen LogP contribution < -0.4 is 0 Å². The third kappa shape index (κ3) is 2.46. The fraction of sp³-hybridized carbons (Fsp3) is 0.692. The molecule has 0 aliphatic carbocycles. The van der Waals surface area contributed by atoms with Gasteiger partial charge in [0.1, 0.15) is 11.3 Å². The molecule has 0 spiro atoms. The average molecular weight is 331 g/mol. The van der Waals surface area contributed by atoms with Crippen LogP contribution in [-0.4, -0.2) is 45.1 Å². The fourth-order valence-electron chi connectivity index (χ4n) is 3.11. The van der Waals surface area contributed by atoms with Crippen molar-refractivity contribution >= 4 is 32.6 Å². The summed E-state index contributed by atoms with van der Waals surface area (Å²) in [5, 5.41) is 4.49. The molecule has 1 saturated heterocycles. The van der Waals surface area contributed by atoms with E-state index < -0.39 is 9.84 Å². The number of imidazole rings is 1. The van der Waals surface area contributed by atoms with Gasteiger partial charge in [-0.3, -0.25) is 4.68 Å². The van der Waals surface area contributed by atoms with Gasteiger partial charge in [-0.1, -0.05) is 6.92 Å². The van der Waals surface area contributed by atoms with Crippen molar-refractivity contribution < 1.29 is 8.42 Å². The molecule has 1 atom stereocenters. The molecule has 8 heteroatoms. The highest BCUT2D eigenvalue weighted by molar-refractivity contribution is 7.91. The van der Waals surface area contributed by atoms with Gasteiger partial charge in [-0.15, -0.1) is 11.6 Å². The highest BCUT2D eigenvalue weighted by atomic mass is 35.5. The number of rotatable bonds is 4. The minimum Gasteiger partial charge on any atom is -0.309 e. The smallest absolute Gasteiger partial charge is 0.158 e. The first kappa shape index (κ1) is 14.8. The van der Waals surface area contributed by atoms with Gasteiger partial charge >= 0.3 is 0 Å². The number of sulfone groups is 1. The molecule has 0 saturated carbocycles. The summed E-state index contributed by atoms with van der Waals surface area (Å²) in [6.07, 6.45) is 2.07. The number of halogens is 1. The fourth-order valence-corrected chi connectivity index (χ4v) is 4.98. The Labute approximate surface area is 129 Å². The van der Waals surface area contributed by atoms with Crippen LogP contribution in [0.5, 0.6) is 0 Å². The van der Waals surface area contributed by atoms with E-state index in [9.17, 15) is 8.42 Å². The zero-order valence-electron chi connectivity index (χ0n) is 12.2. The molecule has 1 fully saturated rings. The van der Waals surface area contributed by atoms with Crippen LogP contribution in [0.1, 0.15) is 30.9 Å². The first-order chi connectivity index (χ1) is 9.96. The van der Waals surface area contributed by atoms with Crippen molar-refractivity contribution in [3.05, 3.63) is 11.5 Å². The molecule has 21 heavy (non-hydrogen) atoms. The predicted molar refractivity (Wildman–Crippen MR) is 82.6 cm³/mol. The molecule has 1 unspecified atom stereocenters. The number of hydrogen-bond donors (Lipinski definition) is 0. The van der Waals surface area contributed by atoms with Gasteiger partial charge in [-0.25, -0.2) is 13.4 Å². The van der Waals surface area contributed by atoms with Crippen LogP contribution in [0.15, 0.2) is 0 Å². The van der Waals surface area contributed by atoms with Gasteiger partial charge in [-0.05, 0) is 12.8 Å². The summed E-state index contributed by atoms with van der Waals surface area (Å²) in [6, 6.07) is -0.0571. The molecular formula is C13H19ClN4O2S. The molecule has 2 aromatic rings. The summed E-state index contributed by atoms with van der Waals surface area (Å²) in [5.74, 6) is 1.76. The third-order valence-corrected chi connectivity index (χ3v) is 5.98. The lowest BCUT2D eigenvalue weighted by Gasteiger charge is -2.15. The third-order valence-electron chi connectivity index (χ3n) is 4.04. The van der Waals surface area contributed by atoms with E-state index in [-0.39, 0.29) is 17.5 Å². The first-order valence-electron chi connectivity index (χ1n) is 7.16. The average Bonchev–Trinajstić information content (AvgIpc) is 3.04. The van der Waals surface area contributed by atoms with Crippen LogP contribution in [0.3, 0.4) is 0 Å². The van der Waals surface area contributed by atoms with Crippen LogP contribution in [0, 0.1) is 0 Å². The SMILES string of the molecule is CCc1nn(C)c2c1nc(CCCl)n2C1CCS(=O)(=O)C1. The summed E-state index contributed by atoms with van der Waals surface area (Å²) in [5.41, 5.74) is 2.74. The summed E-state index contributed by atoms with van der Waals surface area (Å²) >= 11 is 5.88. The van der Waals surface area contributed by atoms with Gasteiger partial charge in [0.05, 0.1) is 23.2 Å². The van der Waals surface area contributed by atoms with Crippen molar-refractivity contribution in [2.75, 3.05) is 17.4 Å². The van der Waals surface area contributed by atoms with E-state index >= 15 is 0 Å². The molecule has 116 valence electrons. The number of alkyl halides is 1. The summed E-state index contributed by atoms with van der Waals surface area (Å²) in [6.45, 7) is 2.04. The molecule has 3 rings (SSSR count). The van der Waals surface area contributed by atoms with E-state index in [1.165, 1.54) is 0 Å². The molecule has 0 N–H and O–H groups in total. The highest BCUT2D eigenvalue weighted by Gasteiger charge is 2.33. The van der Waals surface area contributed by atoms with Crippen LogP contribution in [0.2, 0.25) is 0 Å². The second kappa shape index (κ2) is 5.28. The summed E-state index contributed by atoms with van der Waals surface area (Å²) in [4.78, 5) is 4.69. The van der Waals surface area contributed by atoms with Crippen molar-refractivity contribution in [2.45, 2.75) is 32.2 Å². The van der Waals surface area contributed by atoms with E-state index in [1.54, 1.807) is 0 Å². The van der Waals surface area contributed by atoms with Crippen molar-refractivity contribution in [3.8, 4) is 0 Å². The zero-order chi connectivity index (χ0) is 15.2. The standard InChI is InChI=1S/C13H19ClN4O2S/c1-3-10-12-13(17(2)16-10)18(11(15-12)4-6-14)9-5-7-21(19,20)8-9/h9H,3-8H2,1-2H3. The number of fused-ring (bicyclic) bond motifs is 1. The Morgan fingerprint density at radius 2 is 2.19 bits per heavy atom. The Morgan fingerprint density at radius 1 is 1.43 bits per heavy atom. The maximum Gasteiger partial charge on any atom is 0.158 e. The molecule has 0 aromatic carbocycles. The minimum absolute atomic E-state index is 0.0571. The van der Waals surface area contributed by atoms with Gasteiger partial charge in [0.15, 0.2) is 15.5 Å². The molecular weight excluding hydrogens is 312 g/mol. The van der Waals surface area contributed by atoms with Crippen LogP contribution in [0.4, 0.5) is 0 Å². The van der Waals surface area contributed by atoms with Crippen molar-refractivity contribution in [1.29, 1.82) is 0 Å².